The van der Waals surface area contributed by atoms with Gasteiger partial charge in [0.15, 0.2) is 0 Å². The van der Waals surface area contributed by atoms with E-state index >= 15 is 0 Å². The van der Waals surface area contributed by atoms with Crippen LogP contribution in [-0.2, 0) is 6.54 Å². The molecule has 90 valence electrons. The summed E-state index contributed by atoms with van der Waals surface area (Å²) in [6.07, 6.45) is 10.2. The van der Waals surface area contributed by atoms with Crippen molar-refractivity contribution in [2.24, 2.45) is 5.92 Å². The van der Waals surface area contributed by atoms with Crippen molar-refractivity contribution < 1.29 is 0 Å². The van der Waals surface area contributed by atoms with Crippen LogP contribution in [0.15, 0.2) is 17.5 Å². The molecule has 0 spiro atoms. The lowest BCUT2D eigenvalue weighted by Gasteiger charge is -2.13. The van der Waals surface area contributed by atoms with Gasteiger partial charge in [-0.25, -0.2) is 0 Å². The summed E-state index contributed by atoms with van der Waals surface area (Å²) in [4.78, 5) is 1.46. The van der Waals surface area contributed by atoms with Crippen molar-refractivity contribution in [3.05, 3.63) is 22.4 Å². The smallest absolute Gasteiger partial charge is 0.0299 e. The van der Waals surface area contributed by atoms with Crippen LogP contribution in [0.1, 0.15) is 49.8 Å². The molecule has 0 bridgehead atoms. The van der Waals surface area contributed by atoms with E-state index in [4.69, 9.17) is 0 Å². The highest BCUT2D eigenvalue weighted by Gasteiger charge is 2.11. The maximum atomic E-state index is 3.57. The molecule has 1 N–H and O–H groups in total. The van der Waals surface area contributed by atoms with Crippen molar-refractivity contribution in [3.63, 3.8) is 0 Å². The molecule has 1 saturated carbocycles. The van der Waals surface area contributed by atoms with Gasteiger partial charge in [0, 0.05) is 11.4 Å². The highest BCUT2D eigenvalue weighted by Crippen LogP contribution is 2.24. The lowest BCUT2D eigenvalue weighted by Crippen LogP contribution is -2.17. The van der Waals surface area contributed by atoms with Gasteiger partial charge in [-0.05, 0) is 30.3 Å². The Morgan fingerprint density at radius 1 is 1.19 bits per heavy atom. The fourth-order valence-corrected chi connectivity index (χ4v) is 3.26. The van der Waals surface area contributed by atoms with Gasteiger partial charge in [0.1, 0.15) is 0 Å². The molecule has 0 amide bonds. The largest absolute Gasteiger partial charge is 0.312 e. The van der Waals surface area contributed by atoms with Gasteiger partial charge in [-0.15, -0.1) is 11.3 Å². The van der Waals surface area contributed by atoms with E-state index in [1.165, 1.54) is 56.4 Å². The summed E-state index contributed by atoms with van der Waals surface area (Å²) in [6.45, 7) is 2.26. The Morgan fingerprint density at radius 3 is 2.69 bits per heavy atom. The van der Waals surface area contributed by atoms with Gasteiger partial charge in [0.25, 0.3) is 0 Å². The van der Waals surface area contributed by atoms with E-state index in [2.05, 4.69) is 22.8 Å². The third-order valence-electron chi connectivity index (χ3n) is 3.58. The molecule has 0 saturated heterocycles. The van der Waals surface area contributed by atoms with E-state index in [-0.39, 0.29) is 0 Å². The number of thiophene rings is 1. The lowest BCUT2D eigenvalue weighted by atomic mass is 9.97. The molecular formula is C14H23NS. The normalized spacial score (nSPS) is 18.5. The number of hydrogen-bond donors (Lipinski definition) is 1. The van der Waals surface area contributed by atoms with Crippen LogP contribution in [-0.4, -0.2) is 6.54 Å². The molecule has 1 aromatic rings. The lowest BCUT2D eigenvalue weighted by molar-refractivity contribution is 0.415. The Hall–Kier alpha value is -0.340. The Balaban J connectivity index is 1.56. The fraction of sp³-hybridized carbons (Fsp3) is 0.714. The molecular weight excluding hydrogens is 214 g/mol. The predicted octanol–water partition coefficient (Wildman–Crippen LogP) is 4.20. The number of nitrogens with one attached hydrogen (secondary N) is 1. The van der Waals surface area contributed by atoms with Crippen LogP contribution < -0.4 is 5.32 Å². The van der Waals surface area contributed by atoms with Crippen LogP contribution in [0.3, 0.4) is 0 Å². The van der Waals surface area contributed by atoms with Crippen LogP contribution in [0.25, 0.3) is 0 Å². The molecule has 1 aliphatic rings. The molecule has 2 rings (SSSR count). The maximum absolute atomic E-state index is 3.57. The zero-order valence-corrected chi connectivity index (χ0v) is 10.9. The molecule has 1 aliphatic carbocycles. The molecule has 1 nitrogen and oxygen atoms in total. The number of rotatable bonds is 5. The van der Waals surface area contributed by atoms with E-state index in [0.29, 0.717) is 0 Å². The average molecular weight is 237 g/mol. The predicted molar refractivity (Wildman–Crippen MR) is 71.8 cm³/mol. The van der Waals surface area contributed by atoms with Crippen LogP contribution >= 0.6 is 11.3 Å². The minimum atomic E-state index is 0.998. The molecule has 0 unspecified atom stereocenters. The standard InChI is InChI=1S/C14H23NS/c1-2-4-7-13(6-3-1)9-10-15-12-14-8-5-11-16-14/h5,8,11,13,15H,1-4,6-7,9-10,12H2. The zero-order valence-electron chi connectivity index (χ0n) is 10.1. The van der Waals surface area contributed by atoms with Gasteiger partial charge in [-0.1, -0.05) is 44.6 Å². The second-order valence-corrected chi connectivity index (χ2v) is 5.93. The van der Waals surface area contributed by atoms with Crippen molar-refractivity contribution in [3.8, 4) is 0 Å². The van der Waals surface area contributed by atoms with Gasteiger partial charge >= 0.3 is 0 Å². The Bertz CT molecular complexity index is 260. The minimum Gasteiger partial charge on any atom is -0.312 e. The fourth-order valence-electron chi connectivity index (χ4n) is 2.58. The molecule has 16 heavy (non-hydrogen) atoms. The topological polar surface area (TPSA) is 12.0 Å². The second kappa shape index (κ2) is 7.08. The SMILES string of the molecule is c1csc(CNCCC2CCCCCC2)c1. The van der Waals surface area contributed by atoms with Crippen molar-refractivity contribution in [2.75, 3.05) is 6.54 Å². The number of hydrogen-bond acceptors (Lipinski definition) is 2. The average Bonchev–Trinajstić information content (AvgIpc) is 2.68. The first kappa shape index (κ1) is 12.1. The van der Waals surface area contributed by atoms with Gasteiger partial charge in [-0.2, -0.15) is 0 Å². The Labute approximate surface area is 103 Å². The highest BCUT2D eigenvalue weighted by atomic mass is 32.1. The van der Waals surface area contributed by atoms with Crippen molar-refractivity contribution in [1.29, 1.82) is 0 Å². The first-order valence-corrected chi connectivity index (χ1v) is 7.56. The molecule has 2 heteroatoms. The van der Waals surface area contributed by atoms with E-state index in [0.717, 1.165) is 12.5 Å². The van der Waals surface area contributed by atoms with E-state index in [9.17, 15) is 0 Å². The second-order valence-electron chi connectivity index (χ2n) is 4.90. The van der Waals surface area contributed by atoms with Gasteiger partial charge < -0.3 is 5.32 Å². The quantitative estimate of drug-likeness (QED) is 0.598. The summed E-state index contributed by atoms with van der Waals surface area (Å²) in [5.74, 6) is 0.998. The molecule has 1 heterocycles. The Kier molecular flexibility index (Phi) is 5.36. The van der Waals surface area contributed by atoms with Crippen LogP contribution in [0.2, 0.25) is 0 Å². The van der Waals surface area contributed by atoms with Gasteiger partial charge in [0.2, 0.25) is 0 Å². The van der Waals surface area contributed by atoms with E-state index in [1.54, 1.807) is 0 Å². The third kappa shape index (κ3) is 4.26. The summed E-state index contributed by atoms with van der Waals surface area (Å²) in [6, 6.07) is 4.34. The van der Waals surface area contributed by atoms with Gasteiger partial charge in [0.05, 0.1) is 0 Å². The third-order valence-corrected chi connectivity index (χ3v) is 4.46. The minimum absolute atomic E-state index is 0.998. The summed E-state index contributed by atoms with van der Waals surface area (Å²) in [5, 5.41) is 5.72. The summed E-state index contributed by atoms with van der Waals surface area (Å²) < 4.78 is 0. The zero-order chi connectivity index (χ0) is 11.1. The van der Waals surface area contributed by atoms with E-state index < -0.39 is 0 Å². The summed E-state index contributed by atoms with van der Waals surface area (Å²) >= 11 is 1.85. The first-order chi connectivity index (χ1) is 7.95. The van der Waals surface area contributed by atoms with Crippen molar-refractivity contribution in [2.45, 2.75) is 51.5 Å². The molecule has 1 fully saturated rings. The molecule has 1 aromatic heterocycles. The highest BCUT2D eigenvalue weighted by molar-refractivity contribution is 7.09. The molecule has 0 atom stereocenters. The van der Waals surface area contributed by atoms with Crippen LogP contribution in [0.4, 0.5) is 0 Å². The monoisotopic (exact) mass is 237 g/mol. The molecule has 0 aliphatic heterocycles. The Morgan fingerprint density at radius 2 is 2.00 bits per heavy atom. The van der Waals surface area contributed by atoms with Crippen LogP contribution in [0.5, 0.6) is 0 Å². The maximum Gasteiger partial charge on any atom is 0.0299 e. The van der Waals surface area contributed by atoms with Crippen molar-refractivity contribution >= 4 is 11.3 Å². The van der Waals surface area contributed by atoms with Crippen LogP contribution in [0, 0.1) is 5.92 Å². The van der Waals surface area contributed by atoms with E-state index in [1.807, 2.05) is 11.3 Å². The molecule has 0 radical (unpaired) electrons. The summed E-state index contributed by atoms with van der Waals surface area (Å²) in [7, 11) is 0. The first-order valence-electron chi connectivity index (χ1n) is 6.68. The molecule has 0 aromatic carbocycles. The van der Waals surface area contributed by atoms with Crippen molar-refractivity contribution in [1.82, 2.24) is 5.32 Å². The van der Waals surface area contributed by atoms with Gasteiger partial charge in [-0.3, -0.25) is 0 Å². The summed E-state index contributed by atoms with van der Waals surface area (Å²) in [5.41, 5.74) is 0.